The minimum absolute atomic E-state index is 0.0130. The Kier molecular flexibility index (Phi) is 6.40. The lowest BCUT2D eigenvalue weighted by Crippen LogP contribution is -2.52. The van der Waals surface area contributed by atoms with E-state index in [1.807, 2.05) is 18.2 Å². The fourth-order valence-corrected chi connectivity index (χ4v) is 6.22. The van der Waals surface area contributed by atoms with Gasteiger partial charge in [0.05, 0.1) is 18.7 Å². The molecule has 6 rings (SSSR count). The Bertz CT molecular complexity index is 1420. The average Bonchev–Trinajstić information content (AvgIpc) is 3.62. The summed E-state index contributed by atoms with van der Waals surface area (Å²) in [4.78, 5) is 47.2. The van der Waals surface area contributed by atoms with Crippen LogP contribution in [0.5, 0.6) is 0 Å². The first-order valence-corrected chi connectivity index (χ1v) is 13.1. The number of rotatable bonds is 6. The molecule has 11 nitrogen and oxygen atoms in total. The van der Waals surface area contributed by atoms with Crippen LogP contribution in [0, 0.1) is 5.92 Å². The Morgan fingerprint density at radius 2 is 1.95 bits per heavy atom. The number of nitrogens with one attached hydrogen (secondary N) is 1. The van der Waals surface area contributed by atoms with Gasteiger partial charge in [0.2, 0.25) is 11.8 Å². The summed E-state index contributed by atoms with van der Waals surface area (Å²) in [5.41, 5.74) is 7.35. The van der Waals surface area contributed by atoms with Gasteiger partial charge in [0, 0.05) is 30.2 Å². The van der Waals surface area contributed by atoms with E-state index in [9.17, 15) is 14.4 Å². The number of anilines is 2. The normalized spacial score (nSPS) is 22.7. The second-order valence-corrected chi connectivity index (χ2v) is 10.4. The van der Waals surface area contributed by atoms with Crippen LogP contribution >= 0.6 is 11.6 Å². The third kappa shape index (κ3) is 4.45. The van der Waals surface area contributed by atoms with E-state index in [1.165, 1.54) is 4.68 Å². The number of carbonyl (C=O) groups is 3. The molecule has 0 unspecified atom stereocenters. The molecule has 1 aliphatic carbocycles. The molecule has 3 atom stereocenters. The average molecular weight is 538 g/mol. The number of nitrogens with zero attached hydrogens (tertiary/aromatic N) is 5. The van der Waals surface area contributed by atoms with Gasteiger partial charge in [0.15, 0.2) is 5.69 Å². The Morgan fingerprint density at radius 1 is 1.13 bits per heavy atom. The van der Waals surface area contributed by atoms with Gasteiger partial charge in [0.1, 0.15) is 23.6 Å². The third-order valence-electron chi connectivity index (χ3n) is 7.74. The van der Waals surface area contributed by atoms with Crippen LogP contribution in [0.25, 0.3) is 10.9 Å². The molecule has 3 aromatic rings. The molecule has 2 aromatic heterocycles. The van der Waals surface area contributed by atoms with E-state index in [0.29, 0.717) is 29.9 Å². The van der Waals surface area contributed by atoms with E-state index >= 15 is 0 Å². The standard InChI is InChI=1S/C26H28ClN7O4/c27-20-2-1-3-21(29-20)30-26(37)24-15-4-5-17(12-15)34(24)22(35)14-33-19-7-6-16(32-8-10-38-11-9-32)13-18(19)23(31-33)25(28)36/h1-3,6-7,13,15,17,24H,4-5,8-12,14H2,(H2,28,36)(H,29,30,37)/t15-,17+,24-/m0/s1. The highest BCUT2D eigenvalue weighted by molar-refractivity contribution is 6.29. The van der Waals surface area contributed by atoms with Crippen molar-refractivity contribution in [1.82, 2.24) is 19.7 Å². The smallest absolute Gasteiger partial charge is 0.269 e. The molecule has 1 aromatic carbocycles. The van der Waals surface area contributed by atoms with Gasteiger partial charge in [-0.1, -0.05) is 17.7 Å². The van der Waals surface area contributed by atoms with Crippen LogP contribution in [-0.4, -0.2) is 75.8 Å². The first kappa shape index (κ1) is 24.6. The van der Waals surface area contributed by atoms with Gasteiger partial charge >= 0.3 is 0 Å². The fourth-order valence-electron chi connectivity index (χ4n) is 6.06. The van der Waals surface area contributed by atoms with Gasteiger partial charge in [-0.05, 0) is 55.5 Å². The number of halogens is 1. The Labute approximate surface area is 223 Å². The van der Waals surface area contributed by atoms with Crippen molar-refractivity contribution >= 4 is 51.7 Å². The number of fused-ring (bicyclic) bond motifs is 3. The highest BCUT2D eigenvalue weighted by Gasteiger charge is 2.51. The predicted octanol–water partition coefficient (Wildman–Crippen LogP) is 2.04. The number of morpholine rings is 1. The summed E-state index contributed by atoms with van der Waals surface area (Å²) in [6, 6.07) is 10.1. The van der Waals surface area contributed by atoms with Gasteiger partial charge in [-0.3, -0.25) is 19.1 Å². The molecule has 3 amide bonds. The van der Waals surface area contributed by atoms with Crippen LogP contribution in [0.1, 0.15) is 29.8 Å². The minimum atomic E-state index is -0.660. The summed E-state index contributed by atoms with van der Waals surface area (Å²) in [6.45, 7) is 2.65. The predicted molar refractivity (Wildman–Crippen MR) is 141 cm³/mol. The summed E-state index contributed by atoms with van der Waals surface area (Å²) < 4.78 is 6.95. The summed E-state index contributed by atoms with van der Waals surface area (Å²) in [5.74, 6) is -0.743. The molecule has 3 fully saturated rings. The molecule has 2 aliphatic heterocycles. The maximum atomic E-state index is 13.7. The SMILES string of the molecule is NC(=O)c1nn(CC(=O)N2[C@@H]3CC[C@@H](C3)[C@H]2C(=O)Nc2cccc(Cl)n2)c2ccc(N3CCOCC3)cc12. The molecular formula is C26H28ClN7O4. The zero-order chi connectivity index (χ0) is 26.4. The van der Waals surface area contributed by atoms with E-state index in [4.69, 9.17) is 22.1 Å². The number of aromatic nitrogens is 3. The summed E-state index contributed by atoms with van der Waals surface area (Å²) >= 11 is 5.97. The lowest BCUT2D eigenvalue weighted by atomic mass is 9.97. The maximum absolute atomic E-state index is 13.7. The first-order chi connectivity index (χ1) is 18.4. The highest BCUT2D eigenvalue weighted by Crippen LogP contribution is 2.43. The summed E-state index contributed by atoms with van der Waals surface area (Å²) in [7, 11) is 0. The topological polar surface area (TPSA) is 136 Å². The number of likely N-dealkylation sites (tertiary alicyclic amines) is 1. The van der Waals surface area contributed by atoms with E-state index in [1.54, 1.807) is 23.1 Å². The first-order valence-electron chi connectivity index (χ1n) is 12.8. The number of carbonyl (C=O) groups excluding carboxylic acids is 3. The van der Waals surface area contributed by atoms with E-state index < -0.39 is 11.9 Å². The second kappa shape index (κ2) is 9.88. The summed E-state index contributed by atoms with van der Waals surface area (Å²) in [6.07, 6.45) is 2.52. The molecule has 2 bridgehead atoms. The van der Waals surface area contributed by atoms with Gasteiger partial charge in [-0.2, -0.15) is 5.10 Å². The van der Waals surface area contributed by atoms with Crippen molar-refractivity contribution < 1.29 is 19.1 Å². The highest BCUT2D eigenvalue weighted by atomic mass is 35.5. The van der Waals surface area contributed by atoms with Crippen LogP contribution in [0.15, 0.2) is 36.4 Å². The van der Waals surface area contributed by atoms with Gasteiger partial charge in [-0.25, -0.2) is 4.98 Å². The molecule has 1 saturated carbocycles. The molecule has 12 heteroatoms. The lowest BCUT2D eigenvalue weighted by Gasteiger charge is -2.34. The van der Waals surface area contributed by atoms with Crippen molar-refractivity contribution in [2.45, 2.75) is 37.9 Å². The maximum Gasteiger partial charge on any atom is 0.269 e. The van der Waals surface area contributed by atoms with Crippen LogP contribution < -0.4 is 16.0 Å². The molecule has 3 aliphatic rings. The Morgan fingerprint density at radius 3 is 2.71 bits per heavy atom. The number of pyridine rings is 1. The number of primary amides is 1. The Balaban J connectivity index is 1.26. The van der Waals surface area contributed by atoms with Crippen molar-refractivity contribution in [3.05, 3.63) is 47.2 Å². The number of nitrogens with two attached hydrogens (primary N) is 1. The van der Waals surface area contributed by atoms with E-state index in [-0.39, 0.29) is 41.2 Å². The largest absolute Gasteiger partial charge is 0.378 e. The molecule has 0 radical (unpaired) electrons. The van der Waals surface area contributed by atoms with Gasteiger partial charge < -0.3 is 25.6 Å². The zero-order valence-electron chi connectivity index (χ0n) is 20.7. The van der Waals surface area contributed by atoms with Crippen LogP contribution in [0.2, 0.25) is 5.15 Å². The second-order valence-electron chi connectivity index (χ2n) is 9.98. The molecule has 198 valence electrons. The molecular weight excluding hydrogens is 510 g/mol. The van der Waals surface area contributed by atoms with Crippen molar-refractivity contribution in [2.24, 2.45) is 11.7 Å². The van der Waals surface area contributed by atoms with Gasteiger partial charge in [-0.15, -0.1) is 0 Å². The molecule has 2 saturated heterocycles. The van der Waals surface area contributed by atoms with Gasteiger partial charge in [0.25, 0.3) is 5.91 Å². The fraction of sp³-hybridized carbons (Fsp3) is 0.423. The van der Waals surface area contributed by atoms with Crippen molar-refractivity contribution in [3.63, 3.8) is 0 Å². The molecule has 38 heavy (non-hydrogen) atoms. The molecule has 3 N–H and O–H groups in total. The van der Waals surface area contributed by atoms with Crippen LogP contribution in [-0.2, 0) is 20.9 Å². The Hall–Kier alpha value is -3.70. The number of ether oxygens (including phenoxy) is 1. The van der Waals surface area contributed by atoms with Crippen molar-refractivity contribution in [3.8, 4) is 0 Å². The third-order valence-corrected chi connectivity index (χ3v) is 7.95. The minimum Gasteiger partial charge on any atom is -0.378 e. The summed E-state index contributed by atoms with van der Waals surface area (Å²) in [5, 5.41) is 8.11. The number of hydrogen-bond donors (Lipinski definition) is 2. The molecule has 0 spiro atoms. The van der Waals surface area contributed by atoms with Crippen LogP contribution in [0.4, 0.5) is 11.5 Å². The number of hydrogen-bond acceptors (Lipinski definition) is 7. The van der Waals surface area contributed by atoms with Crippen molar-refractivity contribution in [2.75, 3.05) is 36.5 Å². The molecule has 4 heterocycles. The number of piperidine rings is 1. The quantitative estimate of drug-likeness (QED) is 0.459. The van der Waals surface area contributed by atoms with Crippen LogP contribution in [0.3, 0.4) is 0 Å². The monoisotopic (exact) mass is 537 g/mol. The lowest BCUT2D eigenvalue weighted by molar-refractivity contribution is -0.141. The number of benzene rings is 1. The van der Waals surface area contributed by atoms with Crippen molar-refractivity contribution in [1.29, 1.82) is 0 Å². The zero-order valence-corrected chi connectivity index (χ0v) is 21.4. The van der Waals surface area contributed by atoms with E-state index in [0.717, 1.165) is 38.0 Å². The number of amides is 3. The van der Waals surface area contributed by atoms with E-state index in [2.05, 4.69) is 20.3 Å².